The highest BCUT2D eigenvalue weighted by Crippen LogP contribution is 2.29. The number of benzene rings is 1. The topological polar surface area (TPSA) is 52.3 Å². The van der Waals surface area contributed by atoms with Crippen molar-refractivity contribution in [3.63, 3.8) is 0 Å². The van der Waals surface area contributed by atoms with Gasteiger partial charge in [0.2, 0.25) is 0 Å². The van der Waals surface area contributed by atoms with Crippen LogP contribution in [0.15, 0.2) is 18.2 Å². The van der Waals surface area contributed by atoms with Crippen molar-refractivity contribution in [2.24, 2.45) is 5.73 Å². The Hall–Kier alpha value is -1.35. The number of ether oxygens (including phenoxy) is 1. The minimum absolute atomic E-state index is 0.257. The highest BCUT2D eigenvalue weighted by atomic mass is 16.6. The van der Waals surface area contributed by atoms with Gasteiger partial charge < -0.3 is 10.5 Å². The smallest absolute Gasteiger partial charge is 0.339 e. The molecule has 1 unspecified atom stereocenters. The molecular formula is C12H15NO2. The van der Waals surface area contributed by atoms with E-state index >= 15 is 0 Å². The van der Waals surface area contributed by atoms with Crippen LogP contribution < -0.4 is 5.73 Å². The summed E-state index contributed by atoms with van der Waals surface area (Å²) in [4.78, 5) is 11.7. The van der Waals surface area contributed by atoms with E-state index in [2.05, 4.69) is 0 Å². The third-order valence-corrected chi connectivity index (χ3v) is 2.95. The van der Waals surface area contributed by atoms with Crippen molar-refractivity contribution in [3.05, 3.63) is 34.9 Å². The van der Waals surface area contributed by atoms with Crippen LogP contribution in [-0.4, -0.2) is 18.1 Å². The third-order valence-electron chi connectivity index (χ3n) is 2.95. The number of rotatable bonds is 1. The van der Waals surface area contributed by atoms with Gasteiger partial charge in [0.05, 0.1) is 5.56 Å². The van der Waals surface area contributed by atoms with Gasteiger partial charge >= 0.3 is 5.97 Å². The van der Waals surface area contributed by atoms with Crippen LogP contribution in [0.5, 0.6) is 0 Å². The number of nitrogens with two attached hydrogens (primary N) is 1. The van der Waals surface area contributed by atoms with E-state index in [1.165, 1.54) is 0 Å². The summed E-state index contributed by atoms with van der Waals surface area (Å²) >= 11 is 0. The van der Waals surface area contributed by atoms with Crippen LogP contribution >= 0.6 is 0 Å². The van der Waals surface area contributed by atoms with Gasteiger partial charge in [0, 0.05) is 13.0 Å². The Bertz CT molecular complexity index is 414. The van der Waals surface area contributed by atoms with E-state index in [1.807, 2.05) is 26.0 Å². The van der Waals surface area contributed by atoms with E-state index < -0.39 is 5.60 Å². The summed E-state index contributed by atoms with van der Waals surface area (Å²) in [5.41, 5.74) is 7.97. The van der Waals surface area contributed by atoms with Crippen LogP contribution in [0.1, 0.15) is 28.4 Å². The second-order valence-corrected chi connectivity index (χ2v) is 4.32. The van der Waals surface area contributed by atoms with Gasteiger partial charge in [-0.2, -0.15) is 0 Å². The Labute approximate surface area is 89.2 Å². The zero-order valence-electron chi connectivity index (χ0n) is 9.04. The molecule has 0 aromatic heterocycles. The molecule has 0 saturated heterocycles. The van der Waals surface area contributed by atoms with Crippen molar-refractivity contribution in [2.45, 2.75) is 25.9 Å². The molecule has 1 aliphatic heterocycles. The number of fused-ring (bicyclic) bond motifs is 1. The number of carbonyl (C=O) groups excluding carboxylic acids is 1. The average Bonchev–Trinajstić information content (AvgIpc) is 2.20. The zero-order valence-corrected chi connectivity index (χ0v) is 9.04. The second-order valence-electron chi connectivity index (χ2n) is 4.32. The number of cyclic esters (lactones) is 1. The SMILES string of the molecule is Cc1cccc2c1CC(C)(CN)OC2=O. The lowest BCUT2D eigenvalue weighted by Crippen LogP contribution is -2.45. The summed E-state index contributed by atoms with van der Waals surface area (Å²) in [6.07, 6.45) is 0.706. The molecule has 0 bridgehead atoms. The number of esters is 1. The molecule has 3 heteroatoms. The Balaban J connectivity index is 2.51. The first-order valence-electron chi connectivity index (χ1n) is 5.08. The molecule has 3 nitrogen and oxygen atoms in total. The first kappa shape index (κ1) is 10.2. The zero-order chi connectivity index (χ0) is 11.1. The van der Waals surface area contributed by atoms with Gasteiger partial charge in [-0.25, -0.2) is 4.79 Å². The Morgan fingerprint density at radius 3 is 2.93 bits per heavy atom. The van der Waals surface area contributed by atoms with Crippen LogP contribution in [-0.2, 0) is 11.2 Å². The minimum Gasteiger partial charge on any atom is -0.454 e. The summed E-state index contributed by atoms with van der Waals surface area (Å²) in [7, 11) is 0. The Kier molecular flexibility index (Phi) is 2.27. The third kappa shape index (κ3) is 1.63. The van der Waals surface area contributed by atoms with Crippen molar-refractivity contribution in [2.75, 3.05) is 6.54 Å². The minimum atomic E-state index is -0.545. The largest absolute Gasteiger partial charge is 0.454 e. The van der Waals surface area contributed by atoms with Crippen molar-refractivity contribution in [1.82, 2.24) is 0 Å². The van der Waals surface area contributed by atoms with E-state index in [-0.39, 0.29) is 5.97 Å². The van der Waals surface area contributed by atoms with Gasteiger partial charge in [-0.3, -0.25) is 0 Å². The van der Waals surface area contributed by atoms with Crippen LogP contribution in [0.25, 0.3) is 0 Å². The molecular weight excluding hydrogens is 190 g/mol. The molecule has 0 radical (unpaired) electrons. The number of aryl methyl sites for hydroxylation is 1. The number of hydrogen-bond donors (Lipinski definition) is 1. The van der Waals surface area contributed by atoms with Gasteiger partial charge in [0.15, 0.2) is 0 Å². The molecule has 1 heterocycles. The molecule has 15 heavy (non-hydrogen) atoms. The van der Waals surface area contributed by atoms with Crippen LogP contribution in [0.3, 0.4) is 0 Å². The van der Waals surface area contributed by atoms with Crippen molar-refractivity contribution in [1.29, 1.82) is 0 Å². The fourth-order valence-corrected chi connectivity index (χ4v) is 1.93. The quantitative estimate of drug-likeness (QED) is 0.705. The first-order chi connectivity index (χ1) is 7.06. The molecule has 1 aromatic rings. The fraction of sp³-hybridized carbons (Fsp3) is 0.417. The van der Waals surface area contributed by atoms with Crippen molar-refractivity contribution < 1.29 is 9.53 Å². The molecule has 0 saturated carbocycles. The Morgan fingerprint density at radius 1 is 1.53 bits per heavy atom. The van der Waals surface area contributed by atoms with E-state index in [0.717, 1.165) is 11.1 Å². The van der Waals surface area contributed by atoms with Gasteiger partial charge in [0.1, 0.15) is 5.60 Å². The van der Waals surface area contributed by atoms with Gasteiger partial charge in [-0.05, 0) is 31.0 Å². The maximum atomic E-state index is 11.7. The molecule has 1 aliphatic rings. The predicted molar refractivity (Wildman–Crippen MR) is 57.8 cm³/mol. The second kappa shape index (κ2) is 3.35. The first-order valence-corrected chi connectivity index (χ1v) is 5.08. The lowest BCUT2D eigenvalue weighted by Gasteiger charge is -2.34. The average molecular weight is 205 g/mol. The summed E-state index contributed by atoms with van der Waals surface area (Å²) < 4.78 is 5.34. The highest BCUT2D eigenvalue weighted by molar-refractivity contribution is 5.93. The van der Waals surface area contributed by atoms with Gasteiger partial charge in [0.25, 0.3) is 0 Å². The van der Waals surface area contributed by atoms with E-state index in [0.29, 0.717) is 18.5 Å². The summed E-state index contributed by atoms with van der Waals surface area (Å²) in [6, 6.07) is 5.69. The fourth-order valence-electron chi connectivity index (χ4n) is 1.93. The molecule has 0 aliphatic carbocycles. The molecule has 2 N–H and O–H groups in total. The van der Waals surface area contributed by atoms with E-state index in [9.17, 15) is 4.79 Å². The van der Waals surface area contributed by atoms with Crippen molar-refractivity contribution >= 4 is 5.97 Å². The summed E-state index contributed by atoms with van der Waals surface area (Å²) in [6.45, 7) is 4.24. The monoisotopic (exact) mass is 205 g/mol. The maximum Gasteiger partial charge on any atom is 0.339 e. The Morgan fingerprint density at radius 2 is 2.27 bits per heavy atom. The van der Waals surface area contributed by atoms with Gasteiger partial charge in [-0.1, -0.05) is 12.1 Å². The summed E-state index contributed by atoms with van der Waals surface area (Å²) in [5.74, 6) is -0.257. The van der Waals surface area contributed by atoms with E-state index in [1.54, 1.807) is 6.07 Å². The number of carbonyl (C=O) groups is 1. The molecule has 1 aromatic carbocycles. The normalized spacial score (nSPS) is 24.6. The standard InChI is InChI=1S/C12H15NO2/c1-8-4-3-5-9-10(8)6-12(2,7-13)15-11(9)14/h3-5H,6-7,13H2,1-2H3. The molecule has 80 valence electrons. The highest BCUT2D eigenvalue weighted by Gasteiger charge is 2.35. The van der Waals surface area contributed by atoms with Crippen molar-refractivity contribution in [3.8, 4) is 0 Å². The van der Waals surface area contributed by atoms with E-state index in [4.69, 9.17) is 10.5 Å². The lowest BCUT2D eigenvalue weighted by molar-refractivity contribution is -0.0111. The molecule has 0 fully saturated rings. The van der Waals surface area contributed by atoms with Crippen LogP contribution in [0, 0.1) is 6.92 Å². The predicted octanol–water partition coefficient (Wildman–Crippen LogP) is 1.43. The molecule has 0 spiro atoms. The van der Waals surface area contributed by atoms with Gasteiger partial charge in [-0.15, -0.1) is 0 Å². The number of hydrogen-bond acceptors (Lipinski definition) is 3. The lowest BCUT2D eigenvalue weighted by atomic mass is 9.87. The molecule has 1 atom stereocenters. The summed E-state index contributed by atoms with van der Waals surface area (Å²) in [5, 5.41) is 0. The maximum absolute atomic E-state index is 11.7. The van der Waals surface area contributed by atoms with Crippen LogP contribution in [0.4, 0.5) is 0 Å². The molecule has 2 rings (SSSR count). The molecule has 0 amide bonds. The van der Waals surface area contributed by atoms with Crippen LogP contribution in [0.2, 0.25) is 0 Å².